The minimum absolute atomic E-state index is 0.612. The van der Waals surface area contributed by atoms with Crippen LogP contribution in [-0.2, 0) is 9.84 Å². The van der Waals surface area contributed by atoms with Crippen LogP contribution in [0.5, 0.6) is 0 Å². The van der Waals surface area contributed by atoms with Crippen molar-refractivity contribution in [2.45, 2.75) is 26.2 Å². The Morgan fingerprint density at radius 2 is 2.07 bits per heavy atom. The highest BCUT2D eigenvalue weighted by Crippen LogP contribution is 2.39. The molecular weight excluding hydrogens is 196 g/mol. The van der Waals surface area contributed by atoms with Gasteiger partial charge >= 0.3 is 0 Å². The molecule has 2 nitrogen and oxygen atoms in total. The molecule has 0 spiro atoms. The van der Waals surface area contributed by atoms with Crippen LogP contribution in [-0.4, -0.2) is 14.7 Å². The first kappa shape index (κ1) is 9.71. The fourth-order valence-corrected chi connectivity index (χ4v) is 3.21. The van der Waals surface area contributed by atoms with E-state index in [4.69, 9.17) is 0 Å². The number of hydrogen-bond acceptors (Lipinski definition) is 2. The van der Waals surface area contributed by atoms with E-state index in [0.717, 1.165) is 18.4 Å². The standard InChI is InChI=1S/C11H14O2S/c1-8-7-11(14(2,12)13)10-6-4-3-5-9(8)10/h4,6H,3,5,7H2,1-2H3. The summed E-state index contributed by atoms with van der Waals surface area (Å²) >= 11 is 0. The van der Waals surface area contributed by atoms with Crippen LogP contribution in [0.2, 0.25) is 0 Å². The van der Waals surface area contributed by atoms with Crippen molar-refractivity contribution in [3.8, 4) is 0 Å². The summed E-state index contributed by atoms with van der Waals surface area (Å²) in [5.74, 6) is 0. The first-order valence-corrected chi connectivity index (χ1v) is 6.68. The van der Waals surface area contributed by atoms with E-state index in [0.29, 0.717) is 11.3 Å². The molecule has 0 heterocycles. The highest BCUT2D eigenvalue weighted by Gasteiger charge is 2.27. The molecule has 0 unspecified atom stereocenters. The first-order chi connectivity index (χ1) is 6.50. The normalized spacial score (nSPS) is 21.9. The minimum Gasteiger partial charge on any atom is -0.224 e. The molecule has 0 fully saturated rings. The van der Waals surface area contributed by atoms with Crippen molar-refractivity contribution in [3.05, 3.63) is 33.8 Å². The van der Waals surface area contributed by atoms with Crippen LogP contribution in [0.3, 0.4) is 0 Å². The topological polar surface area (TPSA) is 34.1 Å². The zero-order valence-electron chi connectivity index (χ0n) is 8.50. The van der Waals surface area contributed by atoms with Crippen molar-refractivity contribution in [1.82, 2.24) is 0 Å². The maximum Gasteiger partial charge on any atom is 0.172 e. The molecule has 0 aromatic heterocycles. The van der Waals surface area contributed by atoms with Gasteiger partial charge in [0, 0.05) is 12.7 Å². The van der Waals surface area contributed by atoms with Crippen molar-refractivity contribution >= 4 is 9.84 Å². The van der Waals surface area contributed by atoms with Crippen molar-refractivity contribution in [1.29, 1.82) is 0 Å². The molecule has 2 aliphatic carbocycles. The lowest BCUT2D eigenvalue weighted by Crippen LogP contribution is -2.02. The quantitative estimate of drug-likeness (QED) is 0.665. The van der Waals surface area contributed by atoms with Crippen LogP contribution in [0, 0.1) is 0 Å². The van der Waals surface area contributed by atoms with Crippen molar-refractivity contribution in [2.75, 3.05) is 6.26 Å². The van der Waals surface area contributed by atoms with Crippen LogP contribution < -0.4 is 0 Å². The molecule has 0 amide bonds. The van der Waals surface area contributed by atoms with Gasteiger partial charge in [0.2, 0.25) is 0 Å². The van der Waals surface area contributed by atoms with Gasteiger partial charge in [0.05, 0.1) is 4.91 Å². The Bertz CT molecular complexity index is 462. The van der Waals surface area contributed by atoms with E-state index in [1.54, 1.807) is 0 Å². The number of rotatable bonds is 1. The maximum atomic E-state index is 11.5. The Kier molecular flexibility index (Phi) is 2.14. The smallest absolute Gasteiger partial charge is 0.172 e. The van der Waals surface area contributed by atoms with Crippen molar-refractivity contribution in [2.24, 2.45) is 0 Å². The van der Waals surface area contributed by atoms with Gasteiger partial charge in [-0.25, -0.2) is 8.42 Å². The Balaban J connectivity index is 2.58. The van der Waals surface area contributed by atoms with E-state index in [1.165, 1.54) is 17.4 Å². The lowest BCUT2D eigenvalue weighted by molar-refractivity contribution is 0.606. The highest BCUT2D eigenvalue weighted by atomic mass is 32.2. The molecule has 0 atom stereocenters. The number of fused-ring (bicyclic) bond motifs is 1. The largest absolute Gasteiger partial charge is 0.224 e. The van der Waals surface area contributed by atoms with Crippen molar-refractivity contribution in [3.63, 3.8) is 0 Å². The van der Waals surface area contributed by atoms with Gasteiger partial charge in [-0.05, 0) is 30.9 Å². The molecule has 0 aromatic carbocycles. The van der Waals surface area contributed by atoms with E-state index in [2.05, 4.69) is 6.08 Å². The molecule has 76 valence electrons. The van der Waals surface area contributed by atoms with Gasteiger partial charge in [-0.2, -0.15) is 0 Å². The molecule has 0 saturated heterocycles. The van der Waals surface area contributed by atoms with Gasteiger partial charge < -0.3 is 0 Å². The maximum absolute atomic E-state index is 11.5. The summed E-state index contributed by atoms with van der Waals surface area (Å²) in [5, 5.41) is 0. The Morgan fingerprint density at radius 3 is 2.71 bits per heavy atom. The van der Waals surface area contributed by atoms with Gasteiger partial charge in [0.25, 0.3) is 0 Å². The van der Waals surface area contributed by atoms with Crippen LogP contribution >= 0.6 is 0 Å². The molecule has 3 heteroatoms. The summed E-state index contributed by atoms with van der Waals surface area (Å²) < 4.78 is 23.0. The van der Waals surface area contributed by atoms with Crippen molar-refractivity contribution < 1.29 is 8.42 Å². The zero-order valence-corrected chi connectivity index (χ0v) is 9.32. The molecule has 0 aromatic rings. The third-order valence-electron chi connectivity index (χ3n) is 2.86. The summed E-state index contributed by atoms with van der Waals surface area (Å²) in [4.78, 5) is 0.612. The second kappa shape index (κ2) is 3.09. The molecule has 0 N–H and O–H groups in total. The van der Waals surface area contributed by atoms with Crippen LogP contribution in [0.4, 0.5) is 0 Å². The Morgan fingerprint density at radius 1 is 1.36 bits per heavy atom. The Hall–Kier alpha value is -0.830. The lowest BCUT2D eigenvalue weighted by Gasteiger charge is -2.10. The third kappa shape index (κ3) is 1.46. The molecule has 0 saturated carbocycles. The average Bonchev–Trinajstić information content (AvgIpc) is 2.44. The number of hydrogen-bond donors (Lipinski definition) is 0. The molecule has 2 rings (SSSR count). The van der Waals surface area contributed by atoms with Gasteiger partial charge in [0.15, 0.2) is 9.84 Å². The highest BCUT2D eigenvalue weighted by molar-refractivity contribution is 7.94. The molecule has 14 heavy (non-hydrogen) atoms. The molecule has 2 aliphatic rings. The molecule has 0 bridgehead atoms. The predicted octanol–water partition coefficient (Wildman–Crippen LogP) is 2.36. The van der Waals surface area contributed by atoms with Crippen LogP contribution in [0.1, 0.15) is 26.2 Å². The lowest BCUT2D eigenvalue weighted by atomic mass is 9.96. The monoisotopic (exact) mass is 210 g/mol. The molecule has 0 aliphatic heterocycles. The third-order valence-corrected chi connectivity index (χ3v) is 4.12. The fourth-order valence-electron chi connectivity index (χ4n) is 2.14. The first-order valence-electron chi connectivity index (χ1n) is 4.79. The second-order valence-corrected chi connectivity index (χ2v) is 6.02. The number of sulfone groups is 1. The molecular formula is C11H14O2S. The van der Waals surface area contributed by atoms with Gasteiger partial charge in [0.1, 0.15) is 0 Å². The second-order valence-electron chi connectivity index (χ2n) is 3.99. The van der Waals surface area contributed by atoms with Gasteiger partial charge in [-0.1, -0.05) is 17.7 Å². The zero-order chi connectivity index (χ0) is 10.3. The summed E-state index contributed by atoms with van der Waals surface area (Å²) in [7, 11) is -3.02. The van der Waals surface area contributed by atoms with E-state index in [1.807, 2.05) is 13.0 Å². The molecule has 0 radical (unpaired) electrons. The van der Waals surface area contributed by atoms with Gasteiger partial charge in [-0.3, -0.25) is 0 Å². The van der Waals surface area contributed by atoms with Crippen LogP contribution in [0.15, 0.2) is 33.8 Å². The Labute approximate surface area is 84.9 Å². The number of allylic oxidation sites excluding steroid dienone is 6. The van der Waals surface area contributed by atoms with E-state index in [-0.39, 0.29) is 0 Å². The van der Waals surface area contributed by atoms with E-state index < -0.39 is 9.84 Å². The summed E-state index contributed by atoms with van der Waals surface area (Å²) in [6, 6.07) is 0. The summed E-state index contributed by atoms with van der Waals surface area (Å²) in [6.07, 6.45) is 7.97. The van der Waals surface area contributed by atoms with Crippen LogP contribution in [0.25, 0.3) is 0 Å². The van der Waals surface area contributed by atoms with E-state index >= 15 is 0 Å². The average molecular weight is 210 g/mol. The SMILES string of the molecule is CC1=C2CCC=CC2=C(S(C)(=O)=O)C1. The predicted molar refractivity (Wildman–Crippen MR) is 57.6 cm³/mol. The van der Waals surface area contributed by atoms with E-state index in [9.17, 15) is 8.42 Å². The fraction of sp³-hybridized carbons (Fsp3) is 0.455. The summed E-state index contributed by atoms with van der Waals surface area (Å²) in [5.41, 5.74) is 3.45. The minimum atomic E-state index is -3.02. The van der Waals surface area contributed by atoms with Gasteiger partial charge in [-0.15, -0.1) is 0 Å². The summed E-state index contributed by atoms with van der Waals surface area (Å²) in [6.45, 7) is 2.03.